The molecule has 0 aliphatic carbocycles. The standard InChI is InChI=1S/C19H20FN3O2/c1-22(18(24)14-8-6-13(12-21)7-9-14)17-10-11-23(19(17)25)16-5-3-2-4-15(16)20/h2-9,17H,10-12,21H2,1H3. The van der Waals surface area contributed by atoms with Crippen molar-refractivity contribution in [1.82, 2.24) is 4.90 Å². The molecule has 0 aromatic heterocycles. The van der Waals surface area contributed by atoms with E-state index in [1.165, 1.54) is 15.9 Å². The lowest BCUT2D eigenvalue weighted by Gasteiger charge is -2.24. The number of benzene rings is 2. The van der Waals surface area contributed by atoms with Crippen LogP contribution in [0.5, 0.6) is 0 Å². The topological polar surface area (TPSA) is 66.6 Å². The zero-order chi connectivity index (χ0) is 18.0. The number of nitrogens with two attached hydrogens (primary N) is 1. The van der Waals surface area contributed by atoms with Crippen LogP contribution in [0, 0.1) is 5.82 Å². The Kier molecular flexibility index (Phi) is 4.81. The lowest BCUT2D eigenvalue weighted by Crippen LogP contribution is -2.43. The Bertz CT molecular complexity index is 792. The number of carbonyl (C=O) groups is 2. The second kappa shape index (κ2) is 7.03. The van der Waals surface area contributed by atoms with Gasteiger partial charge in [0.15, 0.2) is 0 Å². The van der Waals surface area contributed by atoms with Crippen molar-refractivity contribution in [3.63, 3.8) is 0 Å². The van der Waals surface area contributed by atoms with Crippen molar-refractivity contribution in [2.45, 2.75) is 19.0 Å². The smallest absolute Gasteiger partial charge is 0.254 e. The number of hydrogen-bond acceptors (Lipinski definition) is 3. The molecule has 1 fully saturated rings. The van der Waals surface area contributed by atoms with Gasteiger partial charge in [-0.1, -0.05) is 24.3 Å². The Hall–Kier alpha value is -2.73. The highest BCUT2D eigenvalue weighted by Crippen LogP contribution is 2.26. The van der Waals surface area contributed by atoms with E-state index in [0.29, 0.717) is 25.1 Å². The monoisotopic (exact) mass is 341 g/mol. The fourth-order valence-corrected chi connectivity index (χ4v) is 3.06. The van der Waals surface area contributed by atoms with Crippen molar-refractivity contribution >= 4 is 17.5 Å². The van der Waals surface area contributed by atoms with Gasteiger partial charge >= 0.3 is 0 Å². The van der Waals surface area contributed by atoms with Crippen LogP contribution in [0.4, 0.5) is 10.1 Å². The Morgan fingerprint density at radius 1 is 1.24 bits per heavy atom. The van der Waals surface area contributed by atoms with E-state index in [0.717, 1.165) is 5.56 Å². The molecule has 6 heteroatoms. The van der Waals surface area contributed by atoms with Gasteiger partial charge in [0.25, 0.3) is 5.91 Å². The Morgan fingerprint density at radius 3 is 2.56 bits per heavy atom. The van der Waals surface area contributed by atoms with Gasteiger partial charge in [-0.2, -0.15) is 0 Å². The minimum Gasteiger partial charge on any atom is -0.330 e. The SMILES string of the molecule is CN(C(=O)c1ccc(CN)cc1)C1CCN(c2ccccc2F)C1=O. The van der Waals surface area contributed by atoms with E-state index in [1.807, 2.05) is 0 Å². The summed E-state index contributed by atoms with van der Waals surface area (Å²) in [4.78, 5) is 28.2. The van der Waals surface area contributed by atoms with Gasteiger partial charge in [0.1, 0.15) is 11.9 Å². The second-order valence-electron chi connectivity index (χ2n) is 6.06. The molecular weight excluding hydrogens is 321 g/mol. The fourth-order valence-electron chi connectivity index (χ4n) is 3.06. The van der Waals surface area contributed by atoms with Gasteiger partial charge in [0.05, 0.1) is 5.69 Å². The van der Waals surface area contributed by atoms with Crippen LogP contribution < -0.4 is 10.6 Å². The van der Waals surface area contributed by atoms with Crippen LogP contribution in [0.15, 0.2) is 48.5 Å². The average molecular weight is 341 g/mol. The number of para-hydroxylation sites is 1. The third-order valence-electron chi connectivity index (χ3n) is 4.54. The summed E-state index contributed by atoms with van der Waals surface area (Å²) >= 11 is 0. The number of carbonyl (C=O) groups excluding carboxylic acids is 2. The highest BCUT2D eigenvalue weighted by molar-refractivity contribution is 6.03. The molecular formula is C19H20FN3O2. The maximum atomic E-state index is 14.0. The van der Waals surface area contributed by atoms with Crippen molar-refractivity contribution < 1.29 is 14.0 Å². The quantitative estimate of drug-likeness (QED) is 0.927. The molecule has 0 bridgehead atoms. The number of likely N-dealkylation sites (N-methyl/N-ethyl adjacent to an activating group) is 1. The number of rotatable bonds is 4. The molecule has 1 aliphatic heterocycles. The normalized spacial score (nSPS) is 17.0. The van der Waals surface area contributed by atoms with E-state index in [2.05, 4.69) is 0 Å². The molecule has 2 aromatic carbocycles. The highest BCUT2D eigenvalue weighted by atomic mass is 19.1. The molecule has 0 radical (unpaired) electrons. The highest BCUT2D eigenvalue weighted by Gasteiger charge is 2.38. The minimum atomic E-state index is -0.596. The predicted octanol–water partition coefficient (Wildman–Crippen LogP) is 2.16. The summed E-state index contributed by atoms with van der Waals surface area (Å²) < 4.78 is 14.0. The van der Waals surface area contributed by atoms with Gasteiger partial charge in [-0.15, -0.1) is 0 Å². The van der Waals surface area contributed by atoms with Gasteiger partial charge in [0.2, 0.25) is 5.91 Å². The molecule has 5 nitrogen and oxygen atoms in total. The lowest BCUT2D eigenvalue weighted by atomic mass is 10.1. The first kappa shape index (κ1) is 17.1. The molecule has 130 valence electrons. The first-order valence-corrected chi connectivity index (χ1v) is 8.15. The third-order valence-corrected chi connectivity index (χ3v) is 4.54. The van der Waals surface area contributed by atoms with Crippen LogP contribution in [0.1, 0.15) is 22.3 Å². The third kappa shape index (κ3) is 3.25. The van der Waals surface area contributed by atoms with E-state index < -0.39 is 11.9 Å². The molecule has 0 saturated carbocycles. The summed E-state index contributed by atoms with van der Waals surface area (Å²) in [5, 5.41) is 0. The van der Waals surface area contributed by atoms with Crippen LogP contribution in [0.2, 0.25) is 0 Å². The van der Waals surface area contributed by atoms with Gasteiger partial charge in [-0.3, -0.25) is 9.59 Å². The zero-order valence-electron chi connectivity index (χ0n) is 14.0. The largest absolute Gasteiger partial charge is 0.330 e. The summed E-state index contributed by atoms with van der Waals surface area (Å²) in [7, 11) is 1.60. The van der Waals surface area contributed by atoms with E-state index in [1.54, 1.807) is 49.5 Å². The second-order valence-corrected chi connectivity index (χ2v) is 6.06. The number of hydrogen-bond donors (Lipinski definition) is 1. The summed E-state index contributed by atoms with van der Waals surface area (Å²) in [6, 6.07) is 12.6. The summed E-state index contributed by atoms with van der Waals surface area (Å²) in [5.41, 5.74) is 7.24. The Balaban J connectivity index is 1.76. The van der Waals surface area contributed by atoms with Gasteiger partial charge < -0.3 is 15.5 Å². The first-order valence-electron chi connectivity index (χ1n) is 8.15. The average Bonchev–Trinajstić information content (AvgIpc) is 3.02. The molecule has 0 spiro atoms. The molecule has 1 atom stereocenters. The van der Waals surface area contributed by atoms with Crippen molar-refractivity contribution in [2.24, 2.45) is 5.73 Å². The zero-order valence-corrected chi connectivity index (χ0v) is 14.0. The number of halogens is 1. The number of amides is 2. The summed E-state index contributed by atoms with van der Waals surface area (Å²) in [6.45, 7) is 0.789. The van der Waals surface area contributed by atoms with Crippen molar-refractivity contribution in [1.29, 1.82) is 0 Å². The fraction of sp³-hybridized carbons (Fsp3) is 0.263. The van der Waals surface area contributed by atoms with Crippen LogP contribution >= 0.6 is 0 Å². The van der Waals surface area contributed by atoms with Gasteiger partial charge in [0, 0.05) is 25.7 Å². The molecule has 2 aromatic rings. The molecule has 1 unspecified atom stereocenters. The van der Waals surface area contributed by atoms with E-state index in [-0.39, 0.29) is 17.5 Å². The molecule has 1 saturated heterocycles. The minimum absolute atomic E-state index is 0.239. The molecule has 2 N–H and O–H groups in total. The van der Waals surface area contributed by atoms with E-state index in [4.69, 9.17) is 5.73 Å². The van der Waals surface area contributed by atoms with Crippen LogP contribution in [-0.4, -0.2) is 36.3 Å². The molecule has 2 amide bonds. The number of nitrogens with zero attached hydrogens (tertiary/aromatic N) is 2. The van der Waals surface area contributed by atoms with Crippen molar-refractivity contribution in [3.05, 3.63) is 65.5 Å². The van der Waals surface area contributed by atoms with Crippen LogP contribution in [-0.2, 0) is 11.3 Å². The lowest BCUT2D eigenvalue weighted by molar-refractivity contribution is -0.120. The van der Waals surface area contributed by atoms with E-state index >= 15 is 0 Å². The predicted molar refractivity (Wildman–Crippen MR) is 93.6 cm³/mol. The first-order chi connectivity index (χ1) is 12.0. The molecule has 1 aliphatic rings. The van der Waals surface area contributed by atoms with Crippen molar-refractivity contribution in [3.8, 4) is 0 Å². The maximum Gasteiger partial charge on any atom is 0.254 e. The Labute approximate surface area is 145 Å². The maximum absolute atomic E-state index is 14.0. The van der Waals surface area contributed by atoms with Gasteiger partial charge in [-0.05, 0) is 36.2 Å². The van der Waals surface area contributed by atoms with Gasteiger partial charge in [-0.25, -0.2) is 4.39 Å². The van der Waals surface area contributed by atoms with Crippen molar-refractivity contribution in [2.75, 3.05) is 18.5 Å². The summed E-state index contributed by atoms with van der Waals surface area (Å²) in [6.07, 6.45) is 0.469. The number of anilines is 1. The Morgan fingerprint density at radius 2 is 1.92 bits per heavy atom. The molecule has 3 rings (SSSR count). The van der Waals surface area contributed by atoms with Crippen LogP contribution in [0.25, 0.3) is 0 Å². The van der Waals surface area contributed by atoms with Crippen LogP contribution in [0.3, 0.4) is 0 Å². The summed E-state index contributed by atoms with van der Waals surface area (Å²) in [5.74, 6) is -0.945. The molecule has 1 heterocycles. The molecule has 25 heavy (non-hydrogen) atoms. The van der Waals surface area contributed by atoms with E-state index in [9.17, 15) is 14.0 Å².